The Morgan fingerprint density at radius 1 is 0.967 bits per heavy atom. The molecule has 0 saturated carbocycles. The summed E-state index contributed by atoms with van der Waals surface area (Å²) in [7, 11) is 0. The second-order valence-corrected chi connectivity index (χ2v) is 8.12. The summed E-state index contributed by atoms with van der Waals surface area (Å²) < 4.78 is 0. The van der Waals surface area contributed by atoms with E-state index in [4.69, 9.17) is 0 Å². The number of hydrogen-bond acceptors (Lipinski definition) is 5. The standard InChI is InChI=1S/C23H21N3O3S/c1-16-14-25(22(28)19-5-3-2-4-6-19)11-12-26(16)23(29)21(27)18-9-7-17(8-10-18)20-13-24-15-30-20/h2-10,13,15-16H,11-12,14H2,1H3/t16-/m1/s1. The Balaban J connectivity index is 1.41. The fourth-order valence-corrected chi connectivity index (χ4v) is 4.23. The molecule has 2 amide bonds. The van der Waals surface area contributed by atoms with Crippen molar-refractivity contribution in [1.29, 1.82) is 0 Å². The largest absolute Gasteiger partial charge is 0.335 e. The number of amides is 2. The Kier molecular flexibility index (Phi) is 5.72. The monoisotopic (exact) mass is 419 g/mol. The molecule has 1 aliphatic heterocycles. The molecule has 3 aromatic rings. The Bertz CT molecular complexity index is 1050. The normalized spacial score (nSPS) is 16.4. The van der Waals surface area contributed by atoms with Gasteiger partial charge in [-0.3, -0.25) is 19.4 Å². The fraction of sp³-hybridized carbons (Fsp3) is 0.217. The van der Waals surface area contributed by atoms with Crippen molar-refractivity contribution in [3.05, 3.63) is 77.4 Å². The van der Waals surface area contributed by atoms with Crippen molar-refractivity contribution in [1.82, 2.24) is 14.8 Å². The molecule has 0 radical (unpaired) electrons. The number of ketones is 1. The Morgan fingerprint density at radius 2 is 1.70 bits per heavy atom. The molecule has 1 saturated heterocycles. The van der Waals surface area contributed by atoms with Gasteiger partial charge in [0.25, 0.3) is 11.8 Å². The van der Waals surface area contributed by atoms with Crippen molar-refractivity contribution in [3.8, 4) is 10.4 Å². The maximum Gasteiger partial charge on any atom is 0.295 e. The van der Waals surface area contributed by atoms with Crippen LogP contribution in [0, 0.1) is 0 Å². The maximum absolute atomic E-state index is 12.8. The second kappa shape index (κ2) is 8.59. The van der Waals surface area contributed by atoms with Crippen LogP contribution in [0.1, 0.15) is 27.6 Å². The van der Waals surface area contributed by atoms with Gasteiger partial charge in [-0.15, -0.1) is 11.3 Å². The molecule has 2 aromatic carbocycles. The highest BCUT2D eigenvalue weighted by atomic mass is 32.1. The molecule has 0 bridgehead atoms. The first-order valence-electron chi connectivity index (χ1n) is 9.73. The van der Waals surface area contributed by atoms with Crippen LogP contribution < -0.4 is 0 Å². The number of piperazine rings is 1. The van der Waals surface area contributed by atoms with Crippen LogP contribution in [0.4, 0.5) is 0 Å². The highest BCUT2D eigenvalue weighted by molar-refractivity contribution is 7.13. The molecular weight excluding hydrogens is 398 g/mol. The van der Waals surface area contributed by atoms with E-state index in [1.807, 2.05) is 37.3 Å². The molecule has 1 aromatic heterocycles. The molecule has 0 aliphatic carbocycles. The van der Waals surface area contributed by atoms with E-state index < -0.39 is 11.7 Å². The van der Waals surface area contributed by atoms with Gasteiger partial charge in [0.05, 0.1) is 10.4 Å². The van der Waals surface area contributed by atoms with E-state index in [9.17, 15) is 14.4 Å². The molecule has 0 N–H and O–H groups in total. The van der Waals surface area contributed by atoms with E-state index in [2.05, 4.69) is 4.98 Å². The lowest BCUT2D eigenvalue weighted by molar-refractivity contribution is -0.130. The third-order valence-electron chi connectivity index (χ3n) is 5.25. The predicted molar refractivity (Wildman–Crippen MR) is 115 cm³/mol. The lowest BCUT2D eigenvalue weighted by Crippen LogP contribution is -2.56. The molecule has 30 heavy (non-hydrogen) atoms. The summed E-state index contributed by atoms with van der Waals surface area (Å²) in [6.07, 6.45) is 1.77. The summed E-state index contributed by atoms with van der Waals surface area (Å²) in [5.41, 5.74) is 3.70. The molecule has 1 fully saturated rings. The number of carbonyl (C=O) groups excluding carboxylic acids is 3. The SMILES string of the molecule is C[C@@H]1CN(C(=O)c2ccccc2)CCN1C(=O)C(=O)c1ccc(-c2cncs2)cc1. The van der Waals surface area contributed by atoms with E-state index in [1.165, 1.54) is 11.3 Å². The van der Waals surface area contributed by atoms with Gasteiger partial charge in [0.1, 0.15) is 0 Å². The molecule has 0 spiro atoms. The quantitative estimate of drug-likeness (QED) is 0.480. The minimum absolute atomic E-state index is 0.0560. The molecule has 7 heteroatoms. The number of benzene rings is 2. The van der Waals surface area contributed by atoms with Gasteiger partial charge in [-0.2, -0.15) is 0 Å². The van der Waals surface area contributed by atoms with Gasteiger partial charge in [0.2, 0.25) is 5.78 Å². The third-order valence-corrected chi connectivity index (χ3v) is 6.08. The molecule has 152 valence electrons. The first-order valence-corrected chi connectivity index (χ1v) is 10.6. The minimum Gasteiger partial charge on any atom is -0.335 e. The van der Waals surface area contributed by atoms with E-state index in [0.717, 1.165) is 10.4 Å². The zero-order chi connectivity index (χ0) is 21.1. The van der Waals surface area contributed by atoms with Gasteiger partial charge in [-0.1, -0.05) is 42.5 Å². The van der Waals surface area contributed by atoms with E-state index in [1.54, 1.807) is 45.8 Å². The Hall–Kier alpha value is -3.32. The number of carbonyl (C=O) groups is 3. The van der Waals surface area contributed by atoms with Crippen LogP contribution in [0.5, 0.6) is 0 Å². The van der Waals surface area contributed by atoms with Crippen molar-refractivity contribution in [2.75, 3.05) is 19.6 Å². The van der Waals surface area contributed by atoms with Crippen LogP contribution in [-0.2, 0) is 4.79 Å². The summed E-state index contributed by atoms with van der Waals surface area (Å²) in [6.45, 7) is 3.00. The van der Waals surface area contributed by atoms with Crippen LogP contribution in [0.3, 0.4) is 0 Å². The van der Waals surface area contributed by atoms with Crippen LogP contribution in [0.25, 0.3) is 10.4 Å². The molecule has 4 rings (SSSR count). The highest BCUT2D eigenvalue weighted by Crippen LogP contribution is 2.24. The molecular formula is C23H21N3O3S. The number of hydrogen-bond donors (Lipinski definition) is 0. The van der Waals surface area contributed by atoms with Crippen molar-refractivity contribution in [2.45, 2.75) is 13.0 Å². The van der Waals surface area contributed by atoms with Gasteiger partial charge in [0, 0.05) is 43.0 Å². The summed E-state index contributed by atoms with van der Waals surface area (Å²) in [4.78, 5) is 46.6. The van der Waals surface area contributed by atoms with E-state index in [-0.39, 0.29) is 11.9 Å². The summed E-state index contributed by atoms with van der Waals surface area (Å²) >= 11 is 1.52. The topological polar surface area (TPSA) is 70.6 Å². The lowest BCUT2D eigenvalue weighted by atomic mass is 10.0. The number of nitrogens with zero attached hydrogens (tertiary/aromatic N) is 3. The van der Waals surface area contributed by atoms with Gasteiger partial charge < -0.3 is 9.80 Å². The van der Waals surface area contributed by atoms with Crippen LogP contribution >= 0.6 is 11.3 Å². The molecule has 1 atom stereocenters. The predicted octanol–water partition coefficient (Wildman–Crippen LogP) is 3.37. The van der Waals surface area contributed by atoms with Crippen LogP contribution in [0.15, 0.2) is 66.3 Å². The van der Waals surface area contributed by atoms with Crippen LogP contribution in [0.2, 0.25) is 0 Å². The first kappa shape index (κ1) is 20.0. The Morgan fingerprint density at radius 3 is 2.33 bits per heavy atom. The maximum atomic E-state index is 12.8. The summed E-state index contributed by atoms with van der Waals surface area (Å²) in [6, 6.07) is 15.9. The number of aromatic nitrogens is 1. The zero-order valence-electron chi connectivity index (χ0n) is 16.5. The summed E-state index contributed by atoms with van der Waals surface area (Å²) in [5, 5.41) is 0. The summed E-state index contributed by atoms with van der Waals surface area (Å²) in [5.74, 6) is -1.11. The average Bonchev–Trinajstić information content (AvgIpc) is 3.33. The van der Waals surface area contributed by atoms with Crippen molar-refractivity contribution >= 4 is 28.9 Å². The molecule has 2 heterocycles. The van der Waals surface area contributed by atoms with E-state index in [0.29, 0.717) is 30.8 Å². The van der Waals surface area contributed by atoms with Gasteiger partial charge in [-0.05, 0) is 24.6 Å². The van der Waals surface area contributed by atoms with Crippen molar-refractivity contribution < 1.29 is 14.4 Å². The van der Waals surface area contributed by atoms with Gasteiger partial charge in [0.15, 0.2) is 0 Å². The minimum atomic E-state index is -0.528. The second-order valence-electron chi connectivity index (χ2n) is 7.24. The third kappa shape index (κ3) is 4.02. The van der Waals surface area contributed by atoms with E-state index >= 15 is 0 Å². The number of rotatable bonds is 4. The molecule has 0 unspecified atom stereocenters. The fourth-order valence-electron chi connectivity index (χ4n) is 3.61. The molecule has 6 nitrogen and oxygen atoms in total. The number of thiazole rings is 1. The van der Waals surface area contributed by atoms with Gasteiger partial charge >= 0.3 is 0 Å². The Labute approximate surface area is 178 Å². The van der Waals surface area contributed by atoms with Gasteiger partial charge in [-0.25, -0.2) is 0 Å². The van der Waals surface area contributed by atoms with Crippen molar-refractivity contribution in [2.24, 2.45) is 0 Å². The molecule has 1 aliphatic rings. The average molecular weight is 420 g/mol. The zero-order valence-corrected chi connectivity index (χ0v) is 17.3. The highest BCUT2D eigenvalue weighted by Gasteiger charge is 2.33. The van der Waals surface area contributed by atoms with Crippen LogP contribution in [-0.4, -0.2) is 58.1 Å². The van der Waals surface area contributed by atoms with Crippen molar-refractivity contribution in [3.63, 3.8) is 0 Å². The lowest BCUT2D eigenvalue weighted by Gasteiger charge is -2.39. The smallest absolute Gasteiger partial charge is 0.295 e. The first-order chi connectivity index (χ1) is 14.5. The number of Topliss-reactive ketones (excluding diaryl/α,β-unsaturated/α-hetero) is 1.